The highest BCUT2D eigenvalue weighted by molar-refractivity contribution is 5.72. The minimum Gasteiger partial charge on any atom is -0.408 e. The van der Waals surface area contributed by atoms with Crippen LogP contribution in [0.1, 0.15) is 18.5 Å². The molecule has 0 unspecified atom stereocenters. The van der Waals surface area contributed by atoms with Gasteiger partial charge >= 0.3 is 5.76 Å². The smallest absolute Gasteiger partial charge is 0.408 e. The van der Waals surface area contributed by atoms with E-state index < -0.39 is 5.76 Å². The van der Waals surface area contributed by atoms with E-state index in [1.807, 2.05) is 13.0 Å². The number of rotatable bonds is 1. The fourth-order valence-electron chi connectivity index (χ4n) is 1.25. The molecule has 0 aliphatic carbocycles. The molecule has 4 nitrogen and oxygen atoms in total. The first-order chi connectivity index (χ1) is 6.16. The van der Waals surface area contributed by atoms with Crippen LogP contribution in [0.15, 0.2) is 27.4 Å². The third-order valence-corrected chi connectivity index (χ3v) is 1.97. The zero-order valence-corrected chi connectivity index (χ0v) is 7.20. The van der Waals surface area contributed by atoms with Gasteiger partial charge < -0.3 is 10.2 Å². The topological polar surface area (TPSA) is 72.0 Å². The lowest BCUT2D eigenvalue weighted by molar-refractivity contribution is 0.554. The maximum atomic E-state index is 10.8. The summed E-state index contributed by atoms with van der Waals surface area (Å²) in [5.74, 6) is -0.433. The first-order valence-corrected chi connectivity index (χ1v) is 4.05. The third kappa shape index (κ3) is 1.36. The maximum absolute atomic E-state index is 10.8. The van der Waals surface area contributed by atoms with Crippen LogP contribution >= 0.6 is 0 Å². The van der Waals surface area contributed by atoms with E-state index in [-0.39, 0.29) is 6.04 Å². The molecule has 0 spiro atoms. The van der Waals surface area contributed by atoms with Crippen LogP contribution in [0.3, 0.4) is 0 Å². The van der Waals surface area contributed by atoms with Crippen molar-refractivity contribution >= 4 is 11.1 Å². The summed E-state index contributed by atoms with van der Waals surface area (Å²) in [7, 11) is 0. The highest BCUT2D eigenvalue weighted by Crippen LogP contribution is 2.16. The third-order valence-electron chi connectivity index (χ3n) is 1.97. The Labute approximate surface area is 74.4 Å². The molecule has 0 bridgehead atoms. The van der Waals surface area contributed by atoms with E-state index in [9.17, 15) is 4.79 Å². The van der Waals surface area contributed by atoms with Gasteiger partial charge in [-0.25, -0.2) is 4.79 Å². The normalized spacial score (nSPS) is 13.4. The fourth-order valence-corrected chi connectivity index (χ4v) is 1.25. The molecule has 0 fully saturated rings. The number of hydrogen-bond donors (Lipinski definition) is 2. The second kappa shape index (κ2) is 2.74. The molecule has 0 aliphatic heterocycles. The second-order valence-corrected chi connectivity index (χ2v) is 3.06. The summed E-state index contributed by atoms with van der Waals surface area (Å²) >= 11 is 0. The first kappa shape index (κ1) is 8.07. The average Bonchev–Trinajstić information content (AvgIpc) is 2.42. The summed E-state index contributed by atoms with van der Waals surface area (Å²) in [5.41, 5.74) is 7.89. The number of hydrogen-bond acceptors (Lipinski definition) is 3. The molecule has 0 aliphatic rings. The Morgan fingerprint density at radius 2 is 2.31 bits per heavy atom. The Kier molecular flexibility index (Phi) is 1.70. The predicted octanol–water partition coefficient (Wildman–Crippen LogP) is 1.14. The molecule has 68 valence electrons. The lowest BCUT2D eigenvalue weighted by Gasteiger charge is -2.03. The lowest BCUT2D eigenvalue weighted by Crippen LogP contribution is -2.04. The molecule has 0 amide bonds. The minimum atomic E-state index is -0.433. The number of aromatic nitrogens is 1. The van der Waals surface area contributed by atoms with Crippen molar-refractivity contribution in [1.82, 2.24) is 4.98 Å². The molecule has 4 heteroatoms. The fraction of sp³-hybridized carbons (Fsp3) is 0.222. The van der Waals surface area contributed by atoms with Crippen LogP contribution in [-0.4, -0.2) is 4.98 Å². The van der Waals surface area contributed by atoms with Gasteiger partial charge in [0.25, 0.3) is 0 Å². The average molecular weight is 178 g/mol. The highest BCUT2D eigenvalue weighted by atomic mass is 16.4. The van der Waals surface area contributed by atoms with Gasteiger partial charge in [-0.3, -0.25) is 4.98 Å². The van der Waals surface area contributed by atoms with E-state index in [1.165, 1.54) is 0 Å². The van der Waals surface area contributed by atoms with E-state index in [1.54, 1.807) is 12.1 Å². The van der Waals surface area contributed by atoms with Crippen molar-refractivity contribution in [1.29, 1.82) is 0 Å². The Hall–Kier alpha value is -1.55. The molecule has 1 atom stereocenters. The van der Waals surface area contributed by atoms with E-state index >= 15 is 0 Å². The van der Waals surface area contributed by atoms with Gasteiger partial charge in [-0.15, -0.1) is 0 Å². The number of benzene rings is 1. The van der Waals surface area contributed by atoms with Crippen LogP contribution in [0, 0.1) is 0 Å². The summed E-state index contributed by atoms with van der Waals surface area (Å²) in [6.45, 7) is 1.88. The van der Waals surface area contributed by atoms with Crippen molar-refractivity contribution in [3.05, 3.63) is 34.3 Å². The molecule has 0 saturated heterocycles. The quantitative estimate of drug-likeness (QED) is 0.687. The van der Waals surface area contributed by atoms with Gasteiger partial charge in [-0.05, 0) is 24.6 Å². The van der Waals surface area contributed by atoms with Crippen LogP contribution in [0.2, 0.25) is 0 Å². The number of oxazole rings is 1. The van der Waals surface area contributed by atoms with Crippen molar-refractivity contribution in [3.63, 3.8) is 0 Å². The SMILES string of the molecule is C[C@H](N)c1ccc2[nH]c(=O)oc2c1. The van der Waals surface area contributed by atoms with Crippen molar-refractivity contribution < 1.29 is 4.42 Å². The Morgan fingerprint density at radius 3 is 3.00 bits per heavy atom. The van der Waals surface area contributed by atoms with Crippen molar-refractivity contribution in [3.8, 4) is 0 Å². The summed E-state index contributed by atoms with van der Waals surface area (Å²) < 4.78 is 4.89. The number of aromatic amines is 1. The van der Waals surface area contributed by atoms with Gasteiger partial charge in [0.05, 0.1) is 5.52 Å². The maximum Gasteiger partial charge on any atom is 0.417 e. The molecule has 1 aromatic heterocycles. The molecule has 13 heavy (non-hydrogen) atoms. The predicted molar refractivity (Wildman–Crippen MR) is 49.4 cm³/mol. The first-order valence-electron chi connectivity index (χ1n) is 4.05. The number of nitrogens with one attached hydrogen (secondary N) is 1. The Morgan fingerprint density at radius 1 is 1.54 bits per heavy atom. The van der Waals surface area contributed by atoms with E-state index in [2.05, 4.69) is 4.98 Å². The Bertz CT molecular complexity index is 482. The Balaban J connectivity index is 2.68. The lowest BCUT2D eigenvalue weighted by atomic mass is 10.1. The summed E-state index contributed by atoms with van der Waals surface area (Å²) in [6, 6.07) is 5.39. The molecule has 1 heterocycles. The monoisotopic (exact) mass is 178 g/mol. The van der Waals surface area contributed by atoms with Crippen LogP contribution in [0.5, 0.6) is 0 Å². The number of H-pyrrole nitrogens is 1. The van der Waals surface area contributed by atoms with Crippen LogP contribution in [0.4, 0.5) is 0 Å². The molecule has 2 rings (SSSR count). The van der Waals surface area contributed by atoms with Crippen molar-refractivity contribution in [2.24, 2.45) is 5.73 Å². The van der Waals surface area contributed by atoms with E-state index in [0.29, 0.717) is 11.1 Å². The van der Waals surface area contributed by atoms with Crippen molar-refractivity contribution in [2.45, 2.75) is 13.0 Å². The molecule has 1 aromatic carbocycles. The number of fused-ring (bicyclic) bond motifs is 1. The standard InChI is InChI=1S/C9H10N2O2/c1-5(10)6-2-3-7-8(4-6)13-9(12)11-7/h2-5H,10H2,1H3,(H,11,12)/t5-/m0/s1. The summed E-state index contributed by atoms with van der Waals surface area (Å²) in [4.78, 5) is 13.4. The zero-order chi connectivity index (χ0) is 9.42. The summed E-state index contributed by atoms with van der Waals surface area (Å²) in [5, 5.41) is 0. The molecule has 0 radical (unpaired) electrons. The van der Waals surface area contributed by atoms with Crippen molar-refractivity contribution in [2.75, 3.05) is 0 Å². The van der Waals surface area contributed by atoms with Crippen LogP contribution < -0.4 is 11.5 Å². The van der Waals surface area contributed by atoms with Gasteiger partial charge in [-0.1, -0.05) is 6.07 Å². The van der Waals surface area contributed by atoms with E-state index in [0.717, 1.165) is 5.56 Å². The highest BCUT2D eigenvalue weighted by Gasteiger charge is 2.04. The van der Waals surface area contributed by atoms with Crippen LogP contribution in [-0.2, 0) is 0 Å². The van der Waals surface area contributed by atoms with Crippen LogP contribution in [0.25, 0.3) is 11.1 Å². The largest absolute Gasteiger partial charge is 0.417 e. The summed E-state index contributed by atoms with van der Waals surface area (Å²) in [6.07, 6.45) is 0. The second-order valence-electron chi connectivity index (χ2n) is 3.06. The molecule has 0 saturated carbocycles. The van der Waals surface area contributed by atoms with Gasteiger partial charge in [0.2, 0.25) is 0 Å². The van der Waals surface area contributed by atoms with Gasteiger partial charge in [0.15, 0.2) is 5.58 Å². The number of nitrogens with two attached hydrogens (primary N) is 1. The van der Waals surface area contributed by atoms with E-state index in [4.69, 9.17) is 10.2 Å². The zero-order valence-electron chi connectivity index (χ0n) is 7.20. The van der Waals surface area contributed by atoms with Gasteiger partial charge in [0, 0.05) is 6.04 Å². The minimum absolute atomic E-state index is 0.0513. The molecular weight excluding hydrogens is 168 g/mol. The molecular formula is C9H10N2O2. The van der Waals surface area contributed by atoms with Gasteiger partial charge in [0.1, 0.15) is 0 Å². The molecule has 3 N–H and O–H groups in total. The molecule has 2 aromatic rings. The van der Waals surface area contributed by atoms with Gasteiger partial charge in [-0.2, -0.15) is 0 Å².